The zero-order valence-corrected chi connectivity index (χ0v) is 10.8. The number of carbonyl (C=O) groups excluding carboxylic acids is 1. The summed E-state index contributed by atoms with van der Waals surface area (Å²) in [7, 11) is 0. The number of nitrogens with one attached hydrogen (secondary N) is 1. The van der Waals surface area contributed by atoms with Crippen LogP contribution in [0.2, 0.25) is 0 Å². The molecule has 17 heavy (non-hydrogen) atoms. The molecule has 0 unspecified atom stereocenters. The van der Waals surface area contributed by atoms with Gasteiger partial charge in [0.1, 0.15) is 5.69 Å². The first-order chi connectivity index (χ1) is 8.08. The fraction of sp³-hybridized carbons (Fsp3) is 0. The summed E-state index contributed by atoms with van der Waals surface area (Å²) in [6.07, 6.45) is 1.41. The Hall–Kier alpha value is -1.63. The normalized spacial score (nSPS) is 10.2. The first kappa shape index (κ1) is 11.8. The molecule has 2 N–H and O–H groups in total. The van der Waals surface area contributed by atoms with Crippen molar-refractivity contribution in [2.45, 2.75) is 0 Å². The van der Waals surface area contributed by atoms with Crippen molar-refractivity contribution < 1.29 is 14.7 Å². The summed E-state index contributed by atoms with van der Waals surface area (Å²) >= 11 is 2.12. The zero-order valence-electron chi connectivity index (χ0n) is 8.61. The van der Waals surface area contributed by atoms with Crippen LogP contribution >= 0.6 is 22.6 Å². The molecule has 0 aliphatic rings. The summed E-state index contributed by atoms with van der Waals surface area (Å²) in [5, 5.41) is 8.75. The van der Waals surface area contributed by atoms with Crippen molar-refractivity contribution in [2.24, 2.45) is 0 Å². The molecule has 0 aliphatic carbocycles. The molecular formula is C12H8INO3. The largest absolute Gasteiger partial charge is 0.477 e. The van der Waals surface area contributed by atoms with Gasteiger partial charge < -0.3 is 10.1 Å². The van der Waals surface area contributed by atoms with Gasteiger partial charge in [-0.25, -0.2) is 4.79 Å². The third kappa shape index (κ3) is 2.55. The van der Waals surface area contributed by atoms with Crippen molar-refractivity contribution in [3.63, 3.8) is 0 Å². The Morgan fingerprint density at radius 1 is 1.18 bits per heavy atom. The number of hydrogen-bond donors (Lipinski definition) is 2. The van der Waals surface area contributed by atoms with Crippen LogP contribution < -0.4 is 0 Å². The Balaban J connectivity index is 2.34. The Morgan fingerprint density at radius 2 is 1.94 bits per heavy atom. The van der Waals surface area contributed by atoms with Crippen LogP contribution in [0.5, 0.6) is 0 Å². The number of carboxylic acid groups (broad SMARTS) is 1. The second-order valence-electron chi connectivity index (χ2n) is 3.45. The van der Waals surface area contributed by atoms with E-state index in [2.05, 4.69) is 27.6 Å². The summed E-state index contributed by atoms with van der Waals surface area (Å²) in [4.78, 5) is 25.3. The molecule has 0 fully saturated rings. The van der Waals surface area contributed by atoms with E-state index in [1.165, 1.54) is 12.3 Å². The summed E-state index contributed by atoms with van der Waals surface area (Å²) in [6, 6.07) is 8.48. The van der Waals surface area contributed by atoms with Gasteiger partial charge in [0.15, 0.2) is 5.78 Å². The number of carboxylic acids is 1. The van der Waals surface area contributed by atoms with Gasteiger partial charge in [0, 0.05) is 20.9 Å². The summed E-state index contributed by atoms with van der Waals surface area (Å²) in [5.74, 6) is -1.26. The lowest BCUT2D eigenvalue weighted by atomic mass is 10.1. The van der Waals surface area contributed by atoms with Crippen LogP contribution in [0.1, 0.15) is 26.4 Å². The Morgan fingerprint density at radius 3 is 2.53 bits per heavy atom. The highest BCUT2D eigenvalue weighted by molar-refractivity contribution is 14.1. The second-order valence-corrected chi connectivity index (χ2v) is 4.69. The molecule has 1 aromatic carbocycles. The van der Waals surface area contributed by atoms with E-state index in [0.717, 1.165) is 3.57 Å². The molecule has 5 heteroatoms. The van der Waals surface area contributed by atoms with Crippen molar-refractivity contribution in [3.8, 4) is 0 Å². The number of ketones is 1. The number of aromatic amines is 1. The van der Waals surface area contributed by atoms with Crippen LogP contribution in [0.3, 0.4) is 0 Å². The Labute approximate surface area is 111 Å². The van der Waals surface area contributed by atoms with Gasteiger partial charge in [-0.3, -0.25) is 4.79 Å². The maximum Gasteiger partial charge on any atom is 0.352 e. The smallest absolute Gasteiger partial charge is 0.352 e. The number of rotatable bonds is 3. The van der Waals surface area contributed by atoms with Crippen molar-refractivity contribution in [3.05, 3.63) is 56.9 Å². The molecular weight excluding hydrogens is 333 g/mol. The van der Waals surface area contributed by atoms with E-state index >= 15 is 0 Å². The first-order valence-electron chi connectivity index (χ1n) is 4.80. The predicted octanol–water partition coefficient (Wildman–Crippen LogP) is 2.55. The van der Waals surface area contributed by atoms with Crippen LogP contribution in [0.25, 0.3) is 0 Å². The topological polar surface area (TPSA) is 70.2 Å². The van der Waals surface area contributed by atoms with E-state index in [1.54, 1.807) is 18.2 Å². The molecule has 0 spiro atoms. The van der Waals surface area contributed by atoms with E-state index in [-0.39, 0.29) is 11.5 Å². The molecule has 1 heterocycles. The molecule has 1 aromatic heterocycles. The maximum atomic E-state index is 12.0. The fourth-order valence-electron chi connectivity index (χ4n) is 1.45. The molecule has 2 aromatic rings. The molecule has 0 saturated carbocycles. The molecule has 4 nitrogen and oxygen atoms in total. The van der Waals surface area contributed by atoms with Crippen LogP contribution in [0.4, 0.5) is 0 Å². The van der Waals surface area contributed by atoms with Crippen LogP contribution in [0.15, 0.2) is 36.5 Å². The van der Waals surface area contributed by atoms with Crippen molar-refractivity contribution in [1.29, 1.82) is 0 Å². The monoisotopic (exact) mass is 341 g/mol. The van der Waals surface area contributed by atoms with Gasteiger partial charge in [-0.15, -0.1) is 0 Å². The lowest BCUT2D eigenvalue weighted by Crippen LogP contribution is -2.00. The number of benzene rings is 1. The van der Waals surface area contributed by atoms with E-state index in [0.29, 0.717) is 11.1 Å². The quantitative estimate of drug-likeness (QED) is 0.666. The minimum Gasteiger partial charge on any atom is -0.477 e. The fourth-order valence-corrected chi connectivity index (χ4v) is 1.99. The second kappa shape index (κ2) is 4.70. The zero-order chi connectivity index (χ0) is 12.4. The number of halogens is 1. The number of H-pyrrole nitrogens is 1. The average molecular weight is 341 g/mol. The van der Waals surface area contributed by atoms with Gasteiger partial charge in [-0.05, 0) is 40.8 Å². The molecule has 0 atom stereocenters. The van der Waals surface area contributed by atoms with Gasteiger partial charge >= 0.3 is 5.97 Å². The molecule has 86 valence electrons. The first-order valence-corrected chi connectivity index (χ1v) is 5.88. The lowest BCUT2D eigenvalue weighted by Gasteiger charge is -1.98. The van der Waals surface area contributed by atoms with Crippen LogP contribution in [-0.4, -0.2) is 21.8 Å². The summed E-state index contributed by atoms with van der Waals surface area (Å²) in [5.41, 5.74) is 0.913. The van der Waals surface area contributed by atoms with E-state index in [9.17, 15) is 9.59 Å². The van der Waals surface area contributed by atoms with Crippen molar-refractivity contribution in [1.82, 2.24) is 4.98 Å². The van der Waals surface area contributed by atoms with Gasteiger partial charge in [-0.1, -0.05) is 12.1 Å². The standard InChI is InChI=1S/C12H8INO3/c13-9-3-1-2-7(4-9)11(15)8-5-10(12(16)17)14-6-8/h1-6,14H,(H,16,17). The summed E-state index contributed by atoms with van der Waals surface area (Å²) in [6.45, 7) is 0. The highest BCUT2D eigenvalue weighted by Gasteiger charge is 2.13. The summed E-state index contributed by atoms with van der Waals surface area (Å²) < 4.78 is 0.961. The van der Waals surface area contributed by atoms with E-state index in [1.807, 2.05) is 6.07 Å². The van der Waals surface area contributed by atoms with Gasteiger partial charge in [0.25, 0.3) is 0 Å². The number of aromatic nitrogens is 1. The molecule has 0 radical (unpaired) electrons. The molecule has 2 rings (SSSR count). The maximum absolute atomic E-state index is 12.0. The van der Waals surface area contributed by atoms with E-state index in [4.69, 9.17) is 5.11 Å². The molecule has 0 aliphatic heterocycles. The Kier molecular flexibility index (Phi) is 3.28. The molecule has 0 bridgehead atoms. The molecule has 0 saturated heterocycles. The highest BCUT2D eigenvalue weighted by atomic mass is 127. The van der Waals surface area contributed by atoms with Gasteiger partial charge in [0.2, 0.25) is 0 Å². The third-order valence-electron chi connectivity index (χ3n) is 2.26. The lowest BCUT2D eigenvalue weighted by molar-refractivity contribution is 0.0691. The van der Waals surface area contributed by atoms with Gasteiger partial charge in [-0.2, -0.15) is 0 Å². The number of hydrogen-bond acceptors (Lipinski definition) is 2. The SMILES string of the molecule is O=C(c1cccc(I)c1)c1c[nH]c(C(=O)O)c1. The van der Waals surface area contributed by atoms with Crippen molar-refractivity contribution >= 4 is 34.3 Å². The minimum absolute atomic E-state index is 0.0129. The van der Waals surface area contributed by atoms with Crippen molar-refractivity contribution in [2.75, 3.05) is 0 Å². The third-order valence-corrected chi connectivity index (χ3v) is 2.93. The predicted molar refractivity (Wildman–Crippen MR) is 70.3 cm³/mol. The number of aromatic carboxylic acids is 1. The molecule has 0 amide bonds. The van der Waals surface area contributed by atoms with Crippen LogP contribution in [-0.2, 0) is 0 Å². The Bertz CT molecular complexity index is 589. The minimum atomic E-state index is -1.08. The number of carbonyl (C=O) groups is 2. The highest BCUT2D eigenvalue weighted by Crippen LogP contribution is 2.14. The van der Waals surface area contributed by atoms with Crippen LogP contribution in [0, 0.1) is 3.57 Å². The van der Waals surface area contributed by atoms with Gasteiger partial charge in [0.05, 0.1) is 0 Å². The van der Waals surface area contributed by atoms with E-state index < -0.39 is 5.97 Å². The average Bonchev–Trinajstić information content (AvgIpc) is 2.77.